The molecule has 0 atom stereocenters. The molecule has 0 radical (unpaired) electrons. The van der Waals surface area contributed by atoms with E-state index in [0.717, 1.165) is 19.3 Å². The molecule has 1 fully saturated rings. The second-order valence-electron chi connectivity index (χ2n) is 6.58. The Bertz CT molecular complexity index is 1010. The Balaban J connectivity index is 1.78. The lowest BCUT2D eigenvalue weighted by Gasteiger charge is -2.25. The maximum absolute atomic E-state index is 12.7. The maximum Gasteiger partial charge on any atom is 0.296 e. The minimum atomic E-state index is -3.59. The molecule has 1 aliphatic heterocycles. The van der Waals surface area contributed by atoms with Crippen molar-refractivity contribution >= 4 is 27.3 Å². The zero-order chi connectivity index (χ0) is 21.0. The lowest BCUT2D eigenvalue weighted by Crippen LogP contribution is -2.35. The van der Waals surface area contributed by atoms with Crippen molar-refractivity contribution in [1.82, 2.24) is 4.31 Å². The van der Waals surface area contributed by atoms with Crippen molar-refractivity contribution in [2.45, 2.75) is 24.2 Å². The van der Waals surface area contributed by atoms with Crippen LogP contribution in [0.25, 0.3) is 0 Å². The Labute approximate surface area is 168 Å². The zero-order valence-corrected chi connectivity index (χ0v) is 16.6. The quantitative estimate of drug-likeness (QED) is 0.568. The predicted molar refractivity (Wildman–Crippen MR) is 107 cm³/mol. The Morgan fingerprint density at radius 3 is 2.34 bits per heavy atom. The van der Waals surface area contributed by atoms with E-state index in [1.165, 1.54) is 53.9 Å². The van der Waals surface area contributed by atoms with E-state index in [-0.39, 0.29) is 21.8 Å². The molecule has 0 aromatic heterocycles. The number of methoxy groups -OCH3 is 1. The number of hydrogen-bond donors (Lipinski definition) is 1. The van der Waals surface area contributed by atoms with Crippen LogP contribution in [0.2, 0.25) is 0 Å². The Morgan fingerprint density at radius 2 is 1.76 bits per heavy atom. The first kappa shape index (κ1) is 20.7. The molecule has 1 N–H and O–H groups in total. The van der Waals surface area contributed by atoms with Crippen LogP contribution >= 0.6 is 0 Å². The number of nitro benzene ring substituents is 1. The van der Waals surface area contributed by atoms with Crippen LogP contribution in [0.1, 0.15) is 29.6 Å². The summed E-state index contributed by atoms with van der Waals surface area (Å²) in [5.74, 6) is -0.290. The predicted octanol–water partition coefficient (Wildman–Crippen LogP) is 3.03. The van der Waals surface area contributed by atoms with Gasteiger partial charge in [0.2, 0.25) is 10.0 Å². The van der Waals surface area contributed by atoms with Gasteiger partial charge in [-0.2, -0.15) is 4.31 Å². The smallest absolute Gasteiger partial charge is 0.296 e. The summed E-state index contributed by atoms with van der Waals surface area (Å²) in [6.45, 7) is 0.984. The number of carbonyl (C=O) groups is 1. The van der Waals surface area contributed by atoms with Crippen molar-refractivity contribution in [3.05, 3.63) is 58.1 Å². The van der Waals surface area contributed by atoms with Crippen LogP contribution in [-0.2, 0) is 10.0 Å². The van der Waals surface area contributed by atoms with Crippen molar-refractivity contribution in [2.24, 2.45) is 0 Å². The van der Waals surface area contributed by atoms with Gasteiger partial charge in [-0.3, -0.25) is 14.9 Å². The second kappa shape index (κ2) is 8.58. The van der Waals surface area contributed by atoms with Gasteiger partial charge in [-0.25, -0.2) is 8.42 Å². The lowest BCUT2D eigenvalue weighted by molar-refractivity contribution is -0.384. The molecule has 0 saturated carbocycles. The first-order valence-electron chi connectivity index (χ1n) is 9.07. The molecule has 1 heterocycles. The molecular weight excluding hydrogens is 398 g/mol. The highest BCUT2D eigenvalue weighted by Gasteiger charge is 2.26. The summed E-state index contributed by atoms with van der Waals surface area (Å²) in [7, 11) is -2.20. The van der Waals surface area contributed by atoms with Gasteiger partial charge in [0.05, 0.1) is 23.0 Å². The van der Waals surface area contributed by atoms with Crippen LogP contribution in [0.3, 0.4) is 0 Å². The van der Waals surface area contributed by atoms with Crippen molar-refractivity contribution in [3.8, 4) is 5.75 Å². The highest BCUT2D eigenvalue weighted by molar-refractivity contribution is 7.89. The molecular formula is C19H21N3O6S. The van der Waals surface area contributed by atoms with Crippen LogP contribution < -0.4 is 10.1 Å². The highest BCUT2D eigenvalue weighted by atomic mass is 32.2. The third kappa shape index (κ3) is 4.54. The van der Waals surface area contributed by atoms with E-state index in [2.05, 4.69) is 5.32 Å². The van der Waals surface area contributed by atoms with Gasteiger partial charge in [0, 0.05) is 18.7 Å². The molecule has 3 rings (SSSR count). The van der Waals surface area contributed by atoms with Crippen LogP contribution in [0.5, 0.6) is 5.75 Å². The van der Waals surface area contributed by atoms with Crippen molar-refractivity contribution in [1.29, 1.82) is 0 Å². The first-order chi connectivity index (χ1) is 13.8. The summed E-state index contributed by atoms with van der Waals surface area (Å²) in [5.41, 5.74) is -0.0967. The third-order valence-corrected chi connectivity index (χ3v) is 6.63. The van der Waals surface area contributed by atoms with E-state index < -0.39 is 20.9 Å². The van der Waals surface area contributed by atoms with E-state index in [9.17, 15) is 23.3 Å². The minimum Gasteiger partial charge on any atom is -0.496 e. The van der Waals surface area contributed by atoms with Gasteiger partial charge >= 0.3 is 0 Å². The van der Waals surface area contributed by atoms with Crippen LogP contribution in [0.4, 0.5) is 11.4 Å². The summed E-state index contributed by atoms with van der Waals surface area (Å²) >= 11 is 0. The average Bonchev–Trinajstić information content (AvgIpc) is 2.74. The largest absolute Gasteiger partial charge is 0.496 e. The summed E-state index contributed by atoms with van der Waals surface area (Å²) in [6.07, 6.45) is 2.68. The lowest BCUT2D eigenvalue weighted by atomic mass is 10.2. The van der Waals surface area contributed by atoms with E-state index in [1.54, 1.807) is 0 Å². The van der Waals surface area contributed by atoms with Gasteiger partial charge in [0.25, 0.3) is 11.6 Å². The monoisotopic (exact) mass is 419 g/mol. The molecule has 1 amide bonds. The fraction of sp³-hybridized carbons (Fsp3) is 0.316. The summed E-state index contributed by atoms with van der Waals surface area (Å²) in [5, 5.41) is 13.7. The number of sulfonamides is 1. The van der Waals surface area contributed by atoms with Crippen LogP contribution in [0, 0.1) is 10.1 Å². The van der Waals surface area contributed by atoms with Gasteiger partial charge in [-0.15, -0.1) is 0 Å². The van der Waals surface area contributed by atoms with Crippen molar-refractivity contribution in [3.63, 3.8) is 0 Å². The number of ether oxygens (including phenoxy) is 1. The number of carbonyl (C=O) groups excluding carboxylic acids is 1. The SMILES string of the molecule is COc1ccc(NC(=O)c2ccc(S(=O)(=O)N3CCCCC3)cc2)c([N+](=O)[O-])c1. The van der Waals surface area contributed by atoms with Gasteiger partial charge in [-0.1, -0.05) is 6.42 Å². The number of anilines is 1. The van der Waals surface area contributed by atoms with Gasteiger partial charge in [0.1, 0.15) is 11.4 Å². The van der Waals surface area contributed by atoms with Crippen molar-refractivity contribution in [2.75, 3.05) is 25.5 Å². The number of nitro groups is 1. The highest BCUT2D eigenvalue weighted by Crippen LogP contribution is 2.29. The number of nitrogens with zero attached hydrogens (tertiary/aromatic N) is 2. The number of piperidine rings is 1. The van der Waals surface area contributed by atoms with Gasteiger partial charge in [0.15, 0.2) is 0 Å². The van der Waals surface area contributed by atoms with E-state index in [0.29, 0.717) is 18.8 Å². The molecule has 1 aliphatic rings. The maximum atomic E-state index is 12.7. The minimum absolute atomic E-state index is 0.0193. The zero-order valence-electron chi connectivity index (χ0n) is 15.8. The molecule has 0 spiro atoms. The molecule has 9 nitrogen and oxygen atoms in total. The number of benzene rings is 2. The molecule has 154 valence electrons. The molecule has 2 aromatic carbocycles. The summed E-state index contributed by atoms with van der Waals surface area (Å²) in [4.78, 5) is 23.2. The fourth-order valence-electron chi connectivity index (χ4n) is 3.12. The number of rotatable bonds is 6. The van der Waals surface area contributed by atoms with Gasteiger partial charge < -0.3 is 10.1 Å². The molecule has 0 bridgehead atoms. The van der Waals surface area contributed by atoms with E-state index in [1.807, 2.05) is 0 Å². The topological polar surface area (TPSA) is 119 Å². The van der Waals surface area contributed by atoms with Crippen molar-refractivity contribution < 1.29 is 22.9 Å². The Morgan fingerprint density at radius 1 is 1.10 bits per heavy atom. The number of amides is 1. The summed E-state index contributed by atoms with van der Waals surface area (Å²) in [6, 6.07) is 9.62. The normalized spacial score (nSPS) is 14.9. The molecule has 0 aliphatic carbocycles. The second-order valence-corrected chi connectivity index (χ2v) is 8.52. The van der Waals surface area contributed by atoms with E-state index in [4.69, 9.17) is 4.74 Å². The molecule has 29 heavy (non-hydrogen) atoms. The molecule has 1 saturated heterocycles. The molecule has 0 unspecified atom stereocenters. The van der Waals surface area contributed by atoms with Crippen LogP contribution in [0.15, 0.2) is 47.4 Å². The van der Waals surface area contributed by atoms with E-state index >= 15 is 0 Å². The third-order valence-electron chi connectivity index (χ3n) is 4.72. The Kier molecular flexibility index (Phi) is 6.14. The Hall–Kier alpha value is -2.98. The number of hydrogen-bond acceptors (Lipinski definition) is 6. The molecule has 10 heteroatoms. The first-order valence-corrected chi connectivity index (χ1v) is 10.5. The standard InChI is InChI=1S/C19H21N3O6S/c1-28-15-7-10-17(18(13-15)22(24)25)20-19(23)14-5-8-16(9-6-14)29(26,27)21-11-3-2-4-12-21/h5-10,13H,2-4,11-12H2,1H3,(H,20,23). The summed E-state index contributed by atoms with van der Waals surface area (Å²) < 4.78 is 31.8. The van der Waals surface area contributed by atoms with Crippen LogP contribution in [-0.4, -0.2) is 43.8 Å². The number of nitrogens with one attached hydrogen (secondary N) is 1. The fourth-order valence-corrected chi connectivity index (χ4v) is 4.64. The molecule has 2 aromatic rings. The van der Waals surface area contributed by atoms with Gasteiger partial charge in [-0.05, 0) is 49.2 Å². The average molecular weight is 419 g/mol.